The molecule has 0 saturated heterocycles. The van der Waals surface area contributed by atoms with Gasteiger partial charge in [0.1, 0.15) is 5.75 Å². The smallest absolute Gasteiger partial charge is 0.118 e. The highest BCUT2D eigenvalue weighted by Gasteiger charge is 2.05. The van der Waals surface area contributed by atoms with Crippen molar-refractivity contribution in [3.05, 3.63) is 60.3 Å². The number of ether oxygens (including phenoxy) is 1. The molecule has 0 spiro atoms. The molecule has 1 atom stereocenters. The Morgan fingerprint density at radius 3 is 2.59 bits per heavy atom. The molecule has 1 unspecified atom stereocenters. The predicted octanol–water partition coefficient (Wildman–Crippen LogP) is 3.09. The van der Waals surface area contributed by atoms with E-state index >= 15 is 0 Å². The fraction of sp³-hybridized carbons (Fsp3) is 0.200. The molecule has 17 heavy (non-hydrogen) atoms. The lowest BCUT2D eigenvalue weighted by molar-refractivity contribution is 0.415. The van der Waals surface area contributed by atoms with Gasteiger partial charge >= 0.3 is 0 Å². The van der Waals surface area contributed by atoms with Crippen molar-refractivity contribution in [1.29, 1.82) is 0 Å². The van der Waals surface area contributed by atoms with E-state index < -0.39 is 0 Å². The van der Waals surface area contributed by atoms with Gasteiger partial charge in [-0.1, -0.05) is 36.4 Å². The molecule has 0 amide bonds. The molecule has 1 aliphatic heterocycles. The first-order valence-corrected chi connectivity index (χ1v) is 5.69. The van der Waals surface area contributed by atoms with E-state index in [0.717, 1.165) is 5.75 Å². The van der Waals surface area contributed by atoms with E-state index in [4.69, 9.17) is 4.74 Å². The second-order valence-corrected chi connectivity index (χ2v) is 4.01. The Morgan fingerprint density at radius 2 is 1.94 bits per heavy atom. The molecule has 2 nitrogen and oxygen atoms in total. The zero-order valence-corrected chi connectivity index (χ0v) is 10.2. The van der Waals surface area contributed by atoms with E-state index in [1.54, 1.807) is 7.11 Å². The Morgan fingerprint density at radius 1 is 1.18 bits per heavy atom. The van der Waals surface area contributed by atoms with E-state index in [-0.39, 0.29) is 0 Å². The molecule has 0 saturated carbocycles. The Balaban J connectivity index is 2.04. The molecule has 0 fully saturated rings. The molecular formula is C15H17NO. The van der Waals surface area contributed by atoms with Crippen LogP contribution < -0.4 is 4.74 Å². The standard InChI is InChI=1S/C15H17NO/c1-16-12-4-3-5-14(16)9-6-13-7-10-15(17-2)11-8-13/h3-12,14H,1-2H3/b9-6+. The third kappa shape index (κ3) is 3.00. The van der Waals surface area contributed by atoms with Crippen molar-refractivity contribution in [3.63, 3.8) is 0 Å². The van der Waals surface area contributed by atoms with Crippen LogP contribution in [0.5, 0.6) is 5.75 Å². The summed E-state index contributed by atoms with van der Waals surface area (Å²) in [5.74, 6) is 0.889. The largest absolute Gasteiger partial charge is 0.497 e. The molecule has 0 radical (unpaired) electrons. The summed E-state index contributed by atoms with van der Waals surface area (Å²) < 4.78 is 5.13. The van der Waals surface area contributed by atoms with Gasteiger partial charge in [0.25, 0.3) is 0 Å². The first-order valence-electron chi connectivity index (χ1n) is 5.69. The number of methoxy groups -OCH3 is 1. The van der Waals surface area contributed by atoms with Gasteiger partial charge in [-0.05, 0) is 30.0 Å². The SMILES string of the molecule is COc1ccc(/C=C/C2C=CC=CN2C)cc1. The van der Waals surface area contributed by atoms with E-state index in [1.807, 2.05) is 18.2 Å². The number of hydrogen-bond acceptors (Lipinski definition) is 2. The van der Waals surface area contributed by atoms with Crippen LogP contribution in [0, 0.1) is 0 Å². The van der Waals surface area contributed by atoms with Crippen molar-refractivity contribution >= 4 is 6.08 Å². The van der Waals surface area contributed by atoms with Crippen LogP contribution in [-0.4, -0.2) is 25.1 Å². The maximum Gasteiger partial charge on any atom is 0.118 e. The highest BCUT2D eigenvalue weighted by atomic mass is 16.5. The molecule has 1 heterocycles. The van der Waals surface area contributed by atoms with Gasteiger partial charge in [0, 0.05) is 7.05 Å². The van der Waals surface area contributed by atoms with Crippen molar-refractivity contribution in [2.75, 3.05) is 14.2 Å². The molecule has 1 aliphatic rings. The van der Waals surface area contributed by atoms with Crippen LogP contribution in [0.25, 0.3) is 6.08 Å². The fourth-order valence-electron chi connectivity index (χ4n) is 1.72. The fourth-order valence-corrected chi connectivity index (χ4v) is 1.72. The van der Waals surface area contributed by atoms with Crippen LogP contribution in [0.3, 0.4) is 0 Å². The van der Waals surface area contributed by atoms with Crippen LogP contribution in [-0.2, 0) is 0 Å². The Bertz CT molecular complexity index is 442. The van der Waals surface area contributed by atoms with Crippen LogP contribution in [0.2, 0.25) is 0 Å². The van der Waals surface area contributed by atoms with Crippen molar-refractivity contribution < 1.29 is 4.74 Å². The first-order chi connectivity index (χ1) is 8.29. The molecular weight excluding hydrogens is 210 g/mol. The minimum atomic E-state index is 0.335. The summed E-state index contributed by atoms with van der Waals surface area (Å²) in [6.07, 6.45) is 12.7. The highest BCUT2D eigenvalue weighted by molar-refractivity contribution is 5.52. The van der Waals surface area contributed by atoms with Crippen molar-refractivity contribution in [2.24, 2.45) is 0 Å². The van der Waals surface area contributed by atoms with Crippen molar-refractivity contribution in [2.45, 2.75) is 6.04 Å². The first kappa shape index (κ1) is 11.5. The quantitative estimate of drug-likeness (QED) is 0.786. The third-order valence-corrected chi connectivity index (χ3v) is 2.81. The van der Waals surface area contributed by atoms with Crippen LogP contribution >= 0.6 is 0 Å². The van der Waals surface area contributed by atoms with E-state index in [0.29, 0.717) is 6.04 Å². The lowest BCUT2D eigenvalue weighted by Gasteiger charge is -2.23. The van der Waals surface area contributed by atoms with Gasteiger partial charge in [0.2, 0.25) is 0 Å². The van der Waals surface area contributed by atoms with Gasteiger partial charge in [-0.3, -0.25) is 0 Å². The minimum Gasteiger partial charge on any atom is -0.497 e. The predicted molar refractivity (Wildman–Crippen MR) is 71.9 cm³/mol. The zero-order chi connectivity index (χ0) is 12.1. The van der Waals surface area contributed by atoms with Gasteiger partial charge in [-0.15, -0.1) is 0 Å². The molecule has 88 valence electrons. The lowest BCUT2D eigenvalue weighted by Crippen LogP contribution is -2.24. The Kier molecular flexibility index (Phi) is 3.66. The molecule has 0 N–H and O–H groups in total. The highest BCUT2D eigenvalue weighted by Crippen LogP contribution is 2.14. The van der Waals surface area contributed by atoms with Crippen molar-refractivity contribution in [1.82, 2.24) is 4.90 Å². The number of rotatable bonds is 3. The molecule has 2 heteroatoms. The summed E-state index contributed by atoms with van der Waals surface area (Å²) in [4.78, 5) is 2.17. The van der Waals surface area contributed by atoms with Gasteiger partial charge < -0.3 is 9.64 Å². The normalized spacial score (nSPS) is 18.9. The van der Waals surface area contributed by atoms with E-state index in [1.165, 1.54) is 5.56 Å². The molecule has 2 rings (SSSR count). The summed E-state index contributed by atoms with van der Waals surface area (Å²) in [5.41, 5.74) is 1.18. The summed E-state index contributed by atoms with van der Waals surface area (Å²) in [7, 11) is 3.75. The van der Waals surface area contributed by atoms with Crippen LogP contribution in [0.1, 0.15) is 5.56 Å². The van der Waals surface area contributed by atoms with E-state index in [2.05, 4.69) is 54.6 Å². The summed E-state index contributed by atoms with van der Waals surface area (Å²) in [5, 5.41) is 0. The monoisotopic (exact) mass is 227 g/mol. The van der Waals surface area contributed by atoms with Gasteiger partial charge in [-0.2, -0.15) is 0 Å². The topological polar surface area (TPSA) is 12.5 Å². The average molecular weight is 227 g/mol. The molecule has 0 bridgehead atoms. The molecule has 0 aliphatic carbocycles. The second kappa shape index (κ2) is 5.39. The summed E-state index contributed by atoms with van der Waals surface area (Å²) in [6, 6.07) is 8.39. The van der Waals surface area contributed by atoms with Gasteiger partial charge in [0.15, 0.2) is 0 Å². The van der Waals surface area contributed by atoms with Crippen LogP contribution in [0.4, 0.5) is 0 Å². The molecule has 1 aromatic carbocycles. The number of likely N-dealkylation sites (N-methyl/N-ethyl adjacent to an activating group) is 1. The number of allylic oxidation sites excluding steroid dienone is 2. The van der Waals surface area contributed by atoms with Gasteiger partial charge in [-0.25, -0.2) is 0 Å². The maximum atomic E-state index is 5.13. The average Bonchev–Trinajstić information content (AvgIpc) is 2.38. The van der Waals surface area contributed by atoms with Crippen molar-refractivity contribution in [3.8, 4) is 5.75 Å². The third-order valence-electron chi connectivity index (χ3n) is 2.81. The van der Waals surface area contributed by atoms with Crippen LogP contribution in [0.15, 0.2) is 54.8 Å². The van der Waals surface area contributed by atoms with Gasteiger partial charge in [0.05, 0.1) is 13.2 Å². The molecule has 0 aromatic heterocycles. The summed E-state index contributed by atoms with van der Waals surface area (Å²) in [6.45, 7) is 0. The maximum absolute atomic E-state index is 5.13. The lowest BCUT2D eigenvalue weighted by atomic mass is 10.1. The van der Waals surface area contributed by atoms with E-state index in [9.17, 15) is 0 Å². The molecule has 1 aromatic rings. The Labute approximate surface area is 103 Å². The number of nitrogens with zero attached hydrogens (tertiary/aromatic N) is 1. The number of hydrogen-bond donors (Lipinski definition) is 0. The Hall–Kier alpha value is -1.96. The number of benzene rings is 1. The minimum absolute atomic E-state index is 0.335. The second-order valence-electron chi connectivity index (χ2n) is 4.01. The summed E-state index contributed by atoms with van der Waals surface area (Å²) >= 11 is 0. The zero-order valence-electron chi connectivity index (χ0n) is 10.2.